The summed E-state index contributed by atoms with van der Waals surface area (Å²) in [5.74, 6) is -1.29. The molecule has 3 aromatic rings. The molecule has 0 spiro atoms. The number of hydrogen-bond acceptors (Lipinski definition) is 7. The van der Waals surface area contributed by atoms with E-state index in [2.05, 4.69) is 25.9 Å². The van der Waals surface area contributed by atoms with E-state index in [1.165, 1.54) is 29.5 Å². The molecule has 0 aliphatic rings. The van der Waals surface area contributed by atoms with Crippen molar-refractivity contribution in [1.82, 2.24) is 34.7 Å². The molecule has 13 heteroatoms. The summed E-state index contributed by atoms with van der Waals surface area (Å²) in [6.07, 6.45) is 4.67. The SMILES string of the molecule is Cc1c([N+](=O)[O-])c(C(=O)Nc2cnn(C)c2C(=O)NCc2cnn(C)c2)nn1C. The molecule has 0 radical (unpaired) electrons. The number of nitrogens with one attached hydrogen (secondary N) is 2. The van der Waals surface area contributed by atoms with Crippen molar-refractivity contribution in [1.29, 1.82) is 0 Å². The zero-order valence-electron chi connectivity index (χ0n) is 16.2. The number of aryl methyl sites for hydroxylation is 3. The first-order valence-electron chi connectivity index (χ1n) is 8.46. The fourth-order valence-corrected chi connectivity index (χ4v) is 2.78. The lowest BCUT2D eigenvalue weighted by Gasteiger charge is -2.07. The second kappa shape index (κ2) is 7.53. The van der Waals surface area contributed by atoms with Gasteiger partial charge in [-0.15, -0.1) is 0 Å². The van der Waals surface area contributed by atoms with Gasteiger partial charge >= 0.3 is 5.69 Å². The third-order valence-electron chi connectivity index (χ3n) is 4.31. The molecular weight excluding hydrogens is 382 g/mol. The molecule has 13 nitrogen and oxygen atoms in total. The van der Waals surface area contributed by atoms with E-state index >= 15 is 0 Å². The standard InChI is InChI=1S/C16H19N9O4/c1-9-13(25(28)29)12(21-23(9)3)15(26)20-11-7-19-24(4)14(11)16(27)17-5-10-6-18-22(2)8-10/h6-8H,5H2,1-4H3,(H,17,27)(H,20,26). The monoisotopic (exact) mass is 401 g/mol. The predicted octanol–water partition coefficient (Wildman–Crippen LogP) is 0.286. The maximum absolute atomic E-state index is 12.6. The van der Waals surface area contributed by atoms with Crippen molar-refractivity contribution < 1.29 is 14.5 Å². The lowest BCUT2D eigenvalue weighted by molar-refractivity contribution is -0.385. The van der Waals surface area contributed by atoms with Crippen LogP contribution in [0.4, 0.5) is 11.4 Å². The number of amides is 2. The number of anilines is 1. The molecule has 3 aromatic heterocycles. The minimum absolute atomic E-state index is 0.0950. The van der Waals surface area contributed by atoms with Gasteiger partial charge in [-0.25, -0.2) is 0 Å². The number of nitrogens with zero attached hydrogens (tertiary/aromatic N) is 7. The molecule has 0 aromatic carbocycles. The summed E-state index contributed by atoms with van der Waals surface area (Å²) in [6.45, 7) is 1.72. The van der Waals surface area contributed by atoms with Crippen molar-refractivity contribution in [3.05, 3.63) is 51.4 Å². The highest BCUT2D eigenvalue weighted by Gasteiger charge is 2.30. The van der Waals surface area contributed by atoms with Crippen LogP contribution >= 0.6 is 0 Å². The van der Waals surface area contributed by atoms with Crippen LogP contribution in [-0.2, 0) is 27.7 Å². The van der Waals surface area contributed by atoms with E-state index < -0.39 is 22.4 Å². The topological polar surface area (TPSA) is 155 Å². The molecule has 0 aliphatic carbocycles. The molecule has 2 amide bonds. The largest absolute Gasteiger partial charge is 0.346 e. The number of carbonyl (C=O) groups is 2. The van der Waals surface area contributed by atoms with Crippen LogP contribution in [0, 0.1) is 17.0 Å². The van der Waals surface area contributed by atoms with E-state index in [0.717, 1.165) is 5.56 Å². The fourth-order valence-electron chi connectivity index (χ4n) is 2.78. The van der Waals surface area contributed by atoms with Gasteiger partial charge in [0.25, 0.3) is 11.8 Å². The van der Waals surface area contributed by atoms with Crippen LogP contribution in [0.1, 0.15) is 32.2 Å². The first-order chi connectivity index (χ1) is 13.7. The quantitative estimate of drug-likeness (QED) is 0.444. The minimum atomic E-state index is -0.810. The lowest BCUT2D eigenvalue weighted by atomic mass is 10.2. The van der Waals surface area contributed by atoms with E-state index in [4.69, 9.17) is 0 Å². The molecule has 0 atom stereocenters. The van der Waals surface area contributed by atoms with Gasteiger partial charge in [-0.2, -0.15) is 15.3 Å². The van der Waals surface area contributed by atoms with Crippen LogP contribution in [0.15, 0.2) is 18.6 Å². The fraction of sp³-hybridized carbons (Fsp3) is 0.312. The average Bonchev–Trinajstić information content (AvgIpc) is 3.31. The van der Waals surface area contributed by atoms with Crippen LogP contribution in [0.5, 0.6) is 0 Å². The Kier molecular flexibility index (Phi) is 5.12. The van der Waals surface area contributed by atoms with E-state index in [-0.39, 0.29) is 29.3 Å². The normalized spacial score (nSPS) is 10.8. The minimum Gasteiger partial charge on any atom is -0.346 e. The number of carbonyl (C=O) groups excluding carboxylic acids is 2. The van der Waals surface area contributed by atoms with E-state index in [9.17, 15) is 19.7 Å². The number of aromatic nitrogens is 6. The van der Waals surface area contributed by atoms with Gasteiger partial charge in [-0.3, -0.25) is 33.7 Å². The van der Waals surface area contributed by atoms with Crippen molar-refractivity contribution >= 4 is 23.2 Å². The van der Waals surface area contributed by atoms with Gasteiger partial charge in [-0.1, -0.05) is 0 Å². The highest BCUT2D eigenvalue weighted by molar-refractivity contribution is 6.09. The molecule has 0 saturated carbocycles. The molecule has 0 bridgehead atoms. The third-order valence-corrected chi connectivity index (χ3v) is 4.31. The van der Waals surface area contributed by atoms with Crippen LogP contribution < -0.4 is 10.6 Å². The molecule has 3 rings (SSSR count). The molecule has 0 saturated heterocycles. The molecule has 29 heavy (non-hydrogen) atoms. The Hall–Kier alpha value is -4.03. The first kappa shape index (κ1) is 19.7. The van der Waals surface area contributed by atoms with Gasteiger partial charge in [0, 0.05) is 39.4 Å². The molecular formula is C16H19N9O4. The Labute approximate surface area is 164 Å². The van der Waals surface area contributed by atoms with Gasteiger partial charge in [-0.05, 0) is 6.92 Å². The van der Waals surface area contributed by atoms with Crippen LogP contribution in [0.3, 0.4) is 0 Å². The summed E-state index contributed by atoms with van der Waals surface area (Å²) in [4.78, 5) is 35.8. The van der Waals surface area contributed by atoms with Crippen LogP contribution in [0.25, 0.3) is 0 Å². The summed E-state index contributed by atoms with van der Waals surface area (Å²) in [5, 5.41) is 28.4. The van der Waals surface area contributed by atoms with Crippen molar-refractivity contribution in [2.45, 2.75) is 13.5 Å². The highest BCUT2D eigenvalue weighted by Crippen LogP contribution is 2.24. The van der Waals surface area contributed by atoms with Gasteiger partial charge in [0.15, 0.2) is 0 Å². The Balaban J connectivity index is 1.81. The van der Waals surface area contributed by atoms with Crippen LogP contribution in [0.2, 0.25) is 0 Å². The Morgan fingerprint density at radius 3 is 2.48 bits per heavy atom. The Morgan fingerprint density at radius 1 is 1.14 bits per heavy atom. The molecule has 3 heterocycles. The third kappa shape index (κ3) is 3.83. The highest BCUT2D eigenvalue weighted by atomic mass is 16.6. The average molecular weight is 401 g/mol. The van der Waals surface area contributed by atoms with E-state index in [1.807, 2.05) is 0 Å². The molecule has 152 valence electrons. The smallest absolute Gasteiger partial charge is 0.322 e. The van der Waals surface area contributed by atoms with Crippen molar-refractivity contribution in [2.24, 2.45) is 21.1 Å². The van der Waals surface area contributed by atoms with Gasteiger partial charge in [0.2, 0.25) is 5.69 Å². The number of hydrogen-bond donors (Lipinski definition) is 2. The summed E-state index contributed by atoms with van der Waals surface area (Å²) in [7, 11) is 4.81. The van der Waals surface area contributed by atoms with Crippen molar-refractivity contribution in [3.63, 3.8) is 0 Å². The van der Waals surface area contributed by atoms with Crippen molar-refractivity contribution in [2.75, 3.05) is 5.32 Å². The molecule has 0 fully saturated rings. The first-order valence-corrected chi connectivity index (χ1v) is 8.46. The maximum atomic E-state index is 12.6. The molecule has 0 aliphatic heterocycles. The summed E-state index contributed by atoms with van der Waals surface area (Å²) >= 11 is 0. The van der Waals surface area contributed by atoms with E-state index in [1.54, 1.807) is 31.2 Å². The zero-order chi connectivity index (χ0) is 21.3. The summed E-state index contributed by atoms with van der Waals surface area (Å²) in [6, 6.07) is 0. The number of nitro groups is 1. The van der Waals surface area contributed by atoms with Gasteiger partial charge < -0.3 is 10.6 Å². The van der Waals surface area contributed by atoms with Gasteiger partial charge in [0.05, 0.1) is 23.0 Å². The second-order valence-electron chi connectivity index (χ2n) is 6.35. The van der Waals surface area contributed by atoms with Gasteiger partial charge in [0.1, 0.15) is 11.4 Å². The maximum Gasteiger partial charge on any atom is 0.322 e. The second-order valence-corrected chi connectivity index (χ2v) is 6.35. The Morgan fingerprint density at radius 2 is 1.86 bits per heavy atom. The zero-order valence-corrected chi connectivity index (χ0v) is 16.2. The molecule has 2 N–H and O–H groups in total. The predicted molar refractivity (Wildman–Crippen MR) is 100 cm³/mol. The Bertz CT molecular complexity index is 1110. The van der Waals surface area contributed by atoms with Crippen LogP contribution in [-0.4, -0.2) is 46.1 Å². The molecule has 0 unspecified atom stereocenters. The summed E-state index contributed by atoms with van der Waals surface area (Å²) in [5.41, 5.74) is 0.502. The lowest BCUT2D eigenvalue weighted by Crippen LogP contribution is -2.27. The number of rotatable bonds is 6. The van der Waals surface area contributed by atoms with Crippen molar-refractivity contribution in [3.8, 4) is 0 Å². The summed E-state index contributed by atoms with van der Waals surface area (Å²) < 4.78 is 4.16. The van der Waals surface area contributed by atoms with E-state index in [0.29, 0.717) is 0 Å².